The molecule has 0 atom stereocenters. The summed E-state index contributed by atoms with van der Waals surface area (Å²) in [4.78, 5) is 13.1. The lowest BCUT2D eigenvalue weighted by Crippen LogP contribution is -2.22. The van der Waals surface area contributed by atoms with Gasteiger partial charge in [0.25, 0.3) is 5.56 Å². The number of ether oxygens (including phenoxy) is 1. The third-order valence-electron chi connectivity index (χ3n) is 4.00. The SMILES string of the molecule is Cc1cc(OCc2nn3c(=O)c(Cc4ccccc4)nnc3s2)ccc1Cl. The zero-order valence-electron chi connectivity index (χ0n) is 14.4. The van der Waals surface area contributed by atoms with Crippen molar-refractivity contribution < 1.29 is 4.74 Å². The third kappa shape index (κ3) is 3.84. The van der Waals surface area contributed by atoms with Crippen LogP contribution in [0.25, 0.3) is 4.96 Å². The van der Waals surface area contributed by atoms with Gasteiger partial charge in [0.05, 0.1) is 0 Å². The van der Waals surface area contributed by atoms with Crippen molar-refractivity contribution >= 4 is 27.9 Å². The molecular formula is C19H15ClN4O2S. The van der Waals surface area contributed by atoms with Crippen LogP contribution in [0.4, 0.5) is 0 Å². The van der Waals surface area contributed by atoms with Gasteiger partial charge in [-0.25, -0.2) is 0 Å². The van der Waals surface area contributed by atoms with E-state index in [0.29, 0.717) is 32.9 Å². The molecule has 0 saturated carbocycles. The molecule has 0 aliphatic heterocycles. The first-order valence-corrected chi connectivity index (χ1v) is 9.47. The second-order valence-electron chi connectivity index (χ2n) is 6.00. The Morgan fingerprint density at radius 3 is 2.74 bits per heavy atom. The fourth-order valence-electron chi connectivity index (χ4n) is 2.60. The summed E-state index contributed by atoms with van der Waals surface area (Å²) in [5.41, 5.74) is 2.05. The van der Waals surface area contributed by atoms with E-state index in [1.807, 2.05) is 43.3 Å². The molecule has 4 rings (SSSR count). The lowest BCUT2D eigenvalue weighted by molar-refractivity contribution is 0.304. The maximum atomic E-state index is 12.7. The Balaban J connectivity index is 1.56. The summed E-state index contributed by atoms with van der Waals surface area (Å²) in [6, 6.07) is 15.1. The van der Waals surface area contributed by atoms with Crippen LogP contribution in [0.3, 0.4) is 0 Å². The standard InChI is InChI=1S/C19H15ClN4O2S/c1-12-9-14(7-8-15(12)20)26-11-17-23-24-18(25)16(21-22-19(24)27-17)10-13-5-3-2-4-6-13/h2-9H,10-11H2,1H3. The van der Waals surface area contributed by atoms with Crippen LogP contribution in [0.1, 0.15) is 21.8 Å². The van der Waals surface area contributed by atoms with Crippen molar-refractivity contribution in [1.29, 1.82) is 0 Å². The van der Waals surface area contributed by atoms with Crippen LogP contribution < -0.4 is 10.3 Å². The summed E-state index contributed by atoms with van der Waals surface area (Å²) in [5.74, 6) is 0.694. The quantitative estimate of drug-likeness (QED) is 0.513. The van der Waals surface area contributed by atoms with Gasteiger partial charge < -0.3 is 4.74 Å². The molecule has 0 unspecified atom stereocenters. The Morgan fingerprint density at radius 2 is 1.96 bits per heavy atom. The minimum Gasteiger partial charge on any atom is -0.486 e. The van der Waals surface area contributed by atoms with Gasteiger partial charge in [0.1, 0.15) is 18.1 Å². The van der Waals surface area contributed by atoms with E-state index in [4.69, 9.17) is 16.3 Å². The van der Waals surface area contributed by atoms with Crippen molar-refractivity contribution in [3.05, 3.63) is 85.7 Å². The molecule has 0 amide bonds. The van der Waals surface area contributed by atoms with Gasteiger partial charge in [-0.15, -0.1) is 10.2 Å². The Bertz CT molecular complexity index is 1160. The van der Waals surface area contributed by atoms with Crippen LogP contribution in [0.5, 0.6) is 5.75 Å². The molecule has 0 spiro atoms. The molecule has 0 fully saturated rings. The molecule has 0 saturated heterocycles. The van der Waals surface area contributed by atoms with E-state index >= 15 is 0 Å². The van der Waals surface area contributed by atoms with Crippen molar-refractivity contribution in [3.63, 3.8) is 0 Å². The van der Waals surface area contributed by atoms with Crippen molar-refractivity contribution in [3.8, 4) is 5.75 Å². The number of fused-ring (bicyclic) bond motifs is 1. The summed E-state index contributed by atoms with van der Waals surface area (Å²) in [6.45, 7) is 2.15. The molecule has 0 radical (unpaired) electrons. The second kappa shape index (κ2) is 7.46. The first-order valence-electron chi connectivity index (χ1n) is 8.27. The number of hydrogen-bond acceptors (Lipinski definition) is 6. The highest BCUT2D eigenvalue weighted by molar-refractivity contribution is 7.16. The van der Waals surface area contributed by atoms with Crippen LogP contribution >= 0.6 is 22.9 Å². The molecule has 6 nitrogen and oxygen atoms in total. The summed E-state index contributed by atoms with van der Waals surface area (Å²) in [6.07, 6.45) is 0.420. The zero-order valence-corrected chi connectivity index (χ0v) is 16.0. The van der Waals surface area contributed by atoms with Crippen molar-refractivity contribution in [2.75, 3.05) is 0 Å². The normalized spacial score (nSPS) is 11.0. The molecule has 136 valence electrons. The van der Waals surface area contributed by atoms with E-state index in [1.54, 1.807) is 12.1 Å². The fourth-order valence-corrected chi connectivity index (χ4v) is 3.46. The molecule has 27 heavy (non-hydrogen) atoms. The van der Waals surface area contributed by atoms with Crippen LogP contribution in [-0.2, 0) is 13.0 Å². The molecule has 0 aliphatic carbocycles. The number of rotatable bonds is 5. The van der Waals surface area contributed by atoms with Crippen molar-refractivity contribution in [1.82, 2.24) is 19.8 Å². The topological polar surface area (TPSA) is 69.4 Å². The van der Waals surface area contributed by atoms with E-state index in [1.165, 1.54) is 15.9 Å². The monoisotopic (exact) mass is 398 g/mol. The smallest absolute Gasteiger partial charge is 0.297 e. The van der Waals surface area contributed by atoms with Crippen LogP contribution in [-0.4, -0.2) is 19.8 Å². The molecular weight excluding hydrogens is 384 g/mol. The number of hydrogen-bond donors (Lipinski definition) is 0. The number of aryl methyl sites for hydroxylation is 1. The molecule has 0 aliphatic rings. The van der Waals surface area contributed by atoms with Gasteiger partial charge in [0.2, 0.25) is 4.96 Å². The maximum absolute atomic E-state index is 12.7. The van der Waals surface area contributed by atoms with Gasteiger partial charge in [-0.2, -0.15) is 9.61 Å². The molecule has 2 aromatic heterocycles. The number of nitrogens with zero attached hydrogens (tertiary/aromatic N) is 4. The third-order valence-corrected chi connectivity index (χ3v) is 5.30. The average Bonchev–Trinajstić information content (AvgIpc) is 3.10. The Morgan fingerprint density at radius 1 is 1.15 bits per heavy atom. The van der Waals surface area contributed by atoms with Crippen LogP contribution in [0, 0.1) is 6.92 Å². The predicted octanol–water partition coefficient (Wildman–Crippen LogP) is 3.68. The Labute approximate surface area is 164 Å². The second-order valence-corrected chi connectivity index (χ2v) is 7.45. The highest BCUT2D eigenvalue weighted by Gasteiger charge is 2.13. The summed E-state index contributed by atoms with van der Waals surface area (Å²) in [7, 11) is 0. The minimum absolute atomic E-state index is 0.239. The molecule has 0 N–H and O–H groups in total. The minimum atomic E-state index is -0.256. The van der Waals surface area contributed by atoms with Crippen molar-refractivity contribution in [2.45, 2.75) is 20.0 Å². The summed E-state index contributed by atoms with van der Waals surface area (Å²) < 4.78 is 7.04. The van der Waals surface area contributed by atoms with Gasteiger partial charge in [-0.1, -0.05) is 53.3 Å². The van der Waals surface area contributed by atoms with E-state index in [2.05, 4.69) is 15.3 Å². The highest BCUT2D eigenvalue weighted by Crippen LogP contribution is 2.22. The summed E-state index contributed by atoms with van der Waals surface area (Å²) in [5, 5.41) is 13.9. The van der Waals surface area contributed by atoms with Crippen LogP contribution in [0.2, 0.25) is 5.02 Å². The van der Waals surface area contributed by atoms with E-state index in [0.717, 1.165) is 11.1 Å². The fraction of sp³-hybridized carbons (Fsp3) is 0.158. The molecule has 4 aromatic rings. The van der Waals surface area contributed by atoms with Crippen molar-refractivity contribution in [2.24, 2.45) is 0 Å². The number of benzene rings is 2. The van der Waals surface area contributed by atoms with Gasteiger partial charge in [0.15, 0.2) is 5.01 Å². The van der Waals surface area contributed by atoms with E-state index in [-0.39, 0.29) is 12.2 Å². The lowest BCUT2D eigenvalue weighted by atomic mass is 10.1. The summed E-state index contributed by atoms with van der Waals surface area (Å²) >= 11 is 7.30. The van der Waals surface area contributed by atoms with Gasteiger partial charge in [-0.05, 0) is 36.2 Å². The lowest BCUT2D eigenvalue weighted by Gasteiger charge is -2.05. The van der Waals surface area contributed by atoms with Gasteiger partial charge in [0, 0.05) is 11.4 Å². The predicted molar refractivity (Wildman–Crippen MR) is 105 cm³/mol. The van der Waals surface area contributed by atoms with Gasteiger partial charge >= 0.3 is 0 Å². The van der Waals surface area contributed by atoms with E-state index < -0.39 is 0 Å². The molecule has 2 aromatic carbocycles. The highest BCUT2D eigenvalue weighted by atomic mass is 35.5. The largest absolute Gasteiger partial charge is 0.486 e. The van der Waals surface area contributed by atoms with Gasteiger partial charge in [-0.3, -0.25) is 4.79 Å². The van der Waals surface area contributed by atoms with Crippen LogP contribution in [0.15, 0.2) is 53.3 Å². The number of aromatic nitrogens is 4. The Hall–Kier alpha value is -2.77. The van der Waals surface area contributed by atoms with E-state index in [9.17, 15) is 4.79 Å². The first-order chi connectivity index (χ1) is 13.1. The molecule has 0 bridgehead atoms. The number of halogens is 1. The molecule has 2 heterocycles. The average molecular weight is 399 g/mol. The maximum Gasteiger partial charge on any atom is 0.297 e. The Kier molecular flexibility index (Phi) is 4.87. The molecule has 8 heteroatoms. The zero-order chi connectivity index (χ0) is 18.8. The first kappa shape index (κ1) is 17.6.